The van der Waals surface area contributed by atoms with Crippen LogP contribution >= 0.6 is 11.3 Å². The normalized spacial score (nSPS) is 11.8. The van der Waals surface area contributed by atoms with Gasteiger partial charge in [0.05, 0.1) is 21.8 Å². The number of carbonyl (C=O) groups excluding carboxylic acids is 1. The fourth-order valence-electron chi connectivity index (χ4n) is 2.80. The number of nitrogens with zero attached hydrogens (tertiary/aromatic N) is 3. The molecule has 5 heteroatoms. The van der Waals surface area contributed by atoms with Crippen LogP contribution in [0.3, 0.4) is 0 Å². The van der Waals surface area contributed by atoms with Gasteiger partial charge >= 0.3 is 0 Å². The van der Waals surface area contributed by atoms with Crippen molar-refractivity contribution >= 4 is 38.2 Å². The largest absolute Gasteiger partial charge is 0.319 e. The molecule has 0 saturated heterocycles. The van der Waals surface area contributed by atoms with Crippen molar-refractivity contribution in [1.29, 1.82) is 5.26 Å². The maximum absolute atomic E-state index is 12.5. The van der Waals surface area contributed by atoms with Gasteiger partial charge in [-0.2, -0.15) is 10.3 Å². The van der Waals surface area contributed by atoms with E-state index in [2.05, 4.69) is 29.3 Å². The Kier molecular flexibility index (Phi) is 3.68. The Bertz CT molecular complexity index is 1220. The number of aromatic nitrogens is 1. The number of hydrogen-bond donors (Lipinski definition) is 0. The quantitative estimate of drug-likeness (QED) is 0.524. The summed E-state index contributed by atoms with van der Waals surface area (Å²) >= 11 is 1.51. The van der Waals surface area contributed by atoms with Crippen molar-refractivity contribution in [3.63, 3.8) is 0 Å². The smallest absolute Gasteiger partial charge is 0.279 e. The number of aryl methyl sites for hydroxylation is 1. The van der Waals surface area contributed by atoms with Crippen molar-refractivity contribution in [3.05, 3.63) is 76.6 Å². The van der Waals surface area contributed by atoms with E-state index >= 15 is 0 Å². The summed E-state index contributed by atoms with van der Waals surface area (Å²) in [5.74, 6) is -0.309. The molecule has 0 aliphatic carbocycles. The van der Waals surface area contributed by atoms with Crippen LogP contribution in [0.4, 0.5) is 0 Å². The molecule has 25 heavy (non-hydrogen) atoms. The van der Waals surface area contributed by atoms with E-state index in [0.29, 0.717) is 15.9 Å². The maximum Gasteiger partial charge on any atom is 0.279 e. The van der Waals surface area contributed by atoms with Crippen molar-refractivity contribution in [1.82, 2.24) is 4.57 Å². The van der Waals surface area contributed by atoms with Gasteiger partial charge in [0, 0.05) is 18.0 Å². The summed E-state index contributed by atoms with van der Waals surface area (Å²) < 4.78 is 3.06. The number of hydrogen-bond acceptors (Lipinski definition) is 3. The second-order valence-electron chi connectivity index (χ2n) is 5.68. The third kappa shape index (κ3) is 2.63. The number of benzene rings is 3. The predicted molar refractivity (Wildman–Crippen MR) is 99.4 cm³/mol. The van der Waals surface area contributed by atoms with Crippen LogP contribution in [-0.2, 0) is 7.05 Å². The Labute approximate surface area is 147 Å². The molecule has 0 aliphatic rings. The average molecular weight is 343 g/mol. The molecular formula is C20H13N3OS. The molecule has 4 rings (SSSR count). The molecule has 1 aromatic heterocycles. The molecule has 4 nitrogen and oxygen atoms in total. The number of fused-ring (bicyclic) bond motifs is 3. The highest BCUT2D eigenvalue weighted by Crippen LogP contribution is 2.27. The van der Waals surface area contributed by atoms with Crippen LogP contribution in [-0.4, -0.2) is 10.5 Å². The summed E-state index contributed by atoms with van der Waals surface area (Å²) in [6.07, 6.45) is 0. The molecule has 1 amide bonds. The fraction of sp³-hybridized carbons (Fsp3) is 0.0500. The molecule has 0 saturated carbocycles. The monoisotopic (exact) mass is 343 g/mol. The zero-order chi connectivity index (χ0) is 17.4. The summed E-state index contributed by atoms with van der Waals surface area (Å²) in [5.41, 5.74) is 2.05. The van der Waals surface area contributed by atoms with E-state index in [4.69, 9.17) is 5.26 Å². The van der Waals surface area contributed by atoms with Gasteiger partial charge in [0.1, 0.15) is 0 Å². The number of rotatable bonds is 1. The molecule has 0 aliphatic heterocycles. The molecular weight excluding hydrogens is 330 g/mol. The first-order valence-electron chi connectivity index (χ1n) is 7.74. The van der Waals surface area contributed by atoms with Crippen LogP contribution in [0.5, 0.6) is 0 Å². The molecule has 0 unspecified atom stereocenters. The summed E-state index contributed by atoms with van der Waals surface area (Å²) in [4.78, 5) is 17.4. The first-order valence-corrected chi connectivity index (χ1v) is 8.55. The van der Waals surface area contributed by atoms with Crippen molar-refractivity contribution in [2.75, 3.05) is 0 Å². The van der Waals surface area contributed by atoms with Gasteiger partial charge in [-0.1, -0.05) is 41.7 Å². The van der Waals surface area contributed by atoms with Crippen LogP contribution in [0.2, 0.25) is 0 Å². The molecule has 120 valence electrons. The van der Waals surface area contributed by atoms with Crippen molar-refractivity contribution in [2.45, 2.75) is 0 Å². The highest BCUT2D eigenvalue weighted by Gasteiger charge is 2.09. The number of amides is 1. The Morgan fingerprint density at radius 1 is 1.08 bits per heavy atom. The standard InChI is InChI=1S/C20H13N3OS/c1-23-17-11-10-14-4-2-3-5-16(14)18(17)25-20(23)22-19(24)15-8-6-13(12-21)7-9-15/h2-11H,1H3. The van der Waals surface area contributed by atoms with E-state index in [-0.39, 0.29) is 5.91 Å². The second kappa shape index (κ2) is 6.00. The second-order valence-corrected chi connectivity index (χ2v) is 6.66. The van der Waals surface area contributed by atoms with Gasteiger partial charge in [0.25, 0.3) is 5.91 Å². The Hall–Kier alpha value is -3.23. The number of nitriles is 1. The SMILES string of the molecule is Cn1c(=NC(=O)c2ccc(C#N)cc2)sc2c3ccccc3ccc21. The molecule has 4 aromatic rings. The fourth-order valence-corrected chi connectivity index (χ4v) is 3.95. The minimum Gasteiger partial charge on any atom is -0.319 e. The van der Waals surface area contributed by atoms with Gasteiger partial charge in [-0.05, 0) is 35.7 Å². The molecule has 0 radical (unpaired) electrons. The summed E-state index contributed by atoms with van der Waals surface area (Å²) in [5, 5.41) is 11.2. The van der Waals surface area contributed by atoms with E-state index in [0.717, 1.165) is 15.6 Å². The zero-order valence-electron chi connectivity index (χ0n) is 13.4. The van der Waals surface area contributed by atoms with Gasteiger partial charge in [-0.25, -0.2) is 0 Å². The molecule has 0 N–H and O–H groups in total. The van der Waals surface area contributed by atoms with Crippen LogP contribution < -0.4 is 4.80 Å². The molecule has 0 fully saturated rings. The van der Waals surface area contributed by atoms with Crippen molar-refractivity contribution in [2.24, 2.45) is 12.0 Å². The lowest BCUT2D eigenvalue weighted by atomic mass is 10.1. The number of carbonyl (C=O) groups is 1. The van der Waals surface area contributed by atoms with E-state index < -0.39 is 0 Å². The van der Waals surface area contributed by atoms with E-state index in [1.807, 2.05) is 29.8 Å². The molecule has 3 aromatic carbocycles. The van der Waals surface area contributed by atoms with Crippen molar-refractivity contribution in [3.8, 4) is 6.07 Å². The van der Waals surface area contributed by atoms with Crippen LogP contribution in [0, 0.1) is 11.3 Å². The third-order valence-corrected chi connectivity index (χ3v) is 5.34. The van der Waals surface area contributed by atoms with Gasteiger partial charge in [0.2, 0.25) is 0 Å². The number of thiazole rings is 1. The van der Waals surface area contributed by atoms with E-state index in [1.165, 1.54) is 16.7 Å². The lowest BCUT2D eigenvalue weighted by Gasteiger charge is -1.99. The lowest BCUT2D eigenvalue weighted by Crippen LogP contribution is -2.13. The molecule has 0 spiro atoms. The Balaban J connectivity index is 1.86. The first-order chi connectivity index (χ1) is 12.2. The first kappa shape index (κ1) is 15.3. The van der Waals surface area contributed by atoms with Crippen molar-refractivity contribution < 1.29 is 4.79 Å². The van der Waals surface area contributed by atoms with Gasteiger partial charge in [-0.3, -0.25) is 4.79 Å². The predicted octanol–water partition coefficient (Wildman–Crippen LogP) is 4.01. The summed E-state index contributed by atoms with van der Waals surface area (Å²) in [7, 11) is 1.92. The third-order valence-electron chi connectivity index (χ3n) is 4.16. The van der Waals surface area contributed by atoms with E-state index in [1.54, 1.807) is 24.3 Å². The van der Waals surface area contributed by atoms with Crippen LogP contribution in [0.15, 0.2) is 65.7 Å². The summed E-state index contributed by atoms with van der Waals surface area (Å²) in [6, 6.07) is 20.9. The zero-order valence-corrected chi connectivity index (χ0v) is 14.2. The maximum atomic E-state index is 12.5. The van der Waals surface area contributed by atoms with E-state index in [9.17, 15) is 4.79 Å². The van der Waals surface area contributed by atoms with Gasteiger partial charge < -0.3 is 4.57 Å². The van der Waals surface area contributed by atoms with Gasteiger partial charge in [0.15, 0.2) is 4.80 Å². The highest BCUT2D eigenvalue weighted by atomic mass is 32.1. The van der Waals surface area contributed by atoms with Crippen LogP contribution in [0.25, 0.3) is 21.0 Å². The average Bonchev–Trinajstić information content (AvgIpc) is 2.98. The minimum absolute atomic E-state index is 0.309. The Morgan fingerprint density at radius 2 is 1.84 bits per heavy atom. The lowest BCUT2D eigenvalue weighted by molar-refractivity contribution is 0.0998. The minimum atomic E-state index is -0.309. The highest BCUT2D eigenvalue weighted by molar-refractivity contribution is 7.17. The van der Waals surface area contributed by atoms with Gasteiger partial charge in [-0.15, -0.1) is 0 Å². The molecule has 1 heterocycles. The molecule has 0 atom stereocenters. The Morgan fingerprint density at radius 3 is 2.60 bits per heavy atom. The van der Waals surface area contributed by atoms with Crippen LogP contribution in [0.1, 0.15) is 15.9 Å². The summed E-state index contributed by atoms with van der Waals surface area (Å²) in [6.45, 7) is 0. The molecule has 0 bridgehead atoms. The topological polar surface area (TPSA) is 58.1 Å².